The van der Waals surface area contributed by atoms with Gasteiger partial charge in [-0.25, -0.2) is 4.98 Å². The first-order valence-electron chi connectivity index (χ1n) is 8.65. The number of rotatable bonds is 6. The van der Waals surface area contributed by atoms with Crippen molar-refractivity contribution < 1.29 is 0 Å². The first-order chi connectivity index (χ1) is 12.0. The van der Waals surface area contributed by atoms with E-state index >= 15 is 0 Å². The van der Waals surface area contributed by atoms with Crippen LogP contribution in [0.2, 0.25) is 0 Å². The van der Waals surface area contributed by atoms with Crippen molar-refractivity contribution in [1.82, 2.24) is 19.6 Å². The van der Waals surface area contributed by atoms with E-state index in [-0.39, 0.29) is 0 Å². The van der Waals surface area contributed by atoms with Crippen molar-refractivity contribution in [3.8, 4) is 0 Å². The van der Waals surface area contributed by atoms with Crippen molar-refractivity contribution in [3.63, 3.8) is 0 Å². The van der Waals surface area contributed by atoms with Gasteiger partial charge in [-0.1, -0.05) is 56.3 Å². The fraction of sp³-hybridized carbons (Fsp3) is 0.421. The summed E-state index contributed by atoms with van der Waals surface area (Å²) in [6.45, 7) is 9.35. The summed E-state index contributed by atoms with van der Waals surface area (Å²) in [6, 6.07) is 6.61. The van der Waals surface area contributed by atoms with Crippen molar-refractivity contribution in [2.75, 3.05) is 11.6 Å². The molecule has 0 atom stereocenters. The average molecular weight is 356 g/mol. The number of benzene rings is 1. The lowest BCUT2D eigenvalue weighted by Gasteiger charge is -2.12. The lowest BCUT2D eigenvalue weighted by atomic mass is 10.0. The Morgan fingerprint density at radius 2 is 2.00 bits per heavy atom. The largest absolute Gasteiger partial charge is 0.350 e. The Morgan fingerprint density at radius 3 is 2.68 bits per heavy atom. The highest BCUT2D eigenvalue weighted by Gasteiger charge is 2.15. The molecule has 0 spiro atoms. The van der Waals surface area contributed by atoms with Crippen LogP contribution in [-0.2, 0) is 13.0 Å². The van der Waals surface area contributed by atoms with E-state index < -0.39 is 0 Å². The second-order valence-corrected chi connectivity index (χ2v) is 7.28. The zero-order valence-electron chi connectivity index (χ0n) is 15.5. The highest BCUT2D eigenvalue weighted by Crippen LogP contribution is 2.23. The zero-order valence-corrected chi connectivity index (χ0v) is 16.3. The van der Waals surface area contributed by atoms with E-state index in [9.17, 15) is 0 Å². The summed E-state index contributed by atoms with van der Waals surface area (Å²) >= 11 is 1.55. The molecular weight excluding hydrogens is 330 g/mol. The number of fused-ring (bicyclic) bond motifs is 1. The van der Waals surface area contributed by atoms with Gasteiger partial charge in [0.15, 0.2) is 10.8 Å². The summed E-state index contributed by atoms with van der Waals surface area (Å²) in [4.78, 5) is 9.28. The quantitative estimate of drug-likeness (QED) is 0.662. The molecule has 6 heteroatoms. The van der Waals surface area contributed by atoms with Gasteiger partial charge in [0.1, 0.15) is 0 Å². The first-order valence-corrected chi connectivity index (χ1v) is 9.87. The van der Waals surface area contributed by atoms with Crippen LogP contribution in [0.1, 0.15) is 48.9 Å². The van der Waals surface area contributed by atoms with E-state index in [1.165, 1.54) is 16.7 Å². The topological polar surface area (TPSA) is 55.1 Å². The average Bonchev–Trinajstić information content (AvgIpc) is 3.03. The number of hydrogen-bond donors (Lipinski definition) is 1. The fourth-order valence-electron chi connectivity index (χ4n) is 2.93. The van der Waals surface area contributed by atoms with Crippen LogP contribution in [0.4, 0.5) is 5.95 Å². The van der Waals surface area contributed by atoms with Crippen molar-refractivity contribution in [1.29, 1.82) is 0 Å². The molecule has 0 radical (unpaired) electrons. The molecule has 1 N–H and O–H groups in total. The highest BCUT2D eigenvalue weighted by molar-refractivity contribution is 7.98. The van der Waals surface area contributed by atoms with Crippen LogP contribution in [0.3, 0.4) is 0 Å². The molecule has 0 aliphatic rings. The van der Waals surface area contributed by atoms with E-state index in [4.69, 9.17) is 0 Å². The van der Waals surface area contributed by atoms with E-state index in [0.29, 0.717) is 5.92 Å². The molecule has 1 aromatic carbocycles. The van der Waals surface area contributed by atoms with Crippen molar-refractivity contribution in [3.05, 3.63) is 46.6 Å². The minimum absolute atomic E-state index is 0.374. The molecule has 0 saturated heterocycles. The van der Waals surface area contributed by atoms with Crippen LogP contribution in [0.5, 0.6) is 0 Å². The van der Waals surface area contributed by atoms with Crippen LogP contribution >= 0.6 is 11.8 Å². The summed E-state index contributed by atoms with van der Waals surface area (Å²) in [5, 5.41) is 8.74. The Kier molecular flexibility index (Phi) is 5.27. The standard InChI is InChI=1S/C19H25N5S/c1-6-14-8-7-13(4)9-15(14)10-20-18-23-19(25-5)22-17-16(12(2)3)11-21-24(17)18/h7-9,11-12H,6,10H2,1-5H3,(H,20,22,23). The Labute approximate surface area is 153 Å². The van der Waals surface area contributed by atoms with Crippen LogP contribution in [-0.4, -0.2) is 25.8 Å². The van der Waals surface area contributed by atoms with Gasteiger partial charge in [-0.05, 0) is 36.6 Å². The number of anilines is 1. The first kappa shape index (κ1) is 17.7. The molecule has 2 aromatic heterocycles. The van der Waals surface area contributed by atoms with Gasteiger partial charge in [-0.15, -0.1) is 0 Å². The van der Waals surface area contributed by atoms with Gasteiger partial charge in [0.05, 0.1) is 6.20 Å². The molecule has 0 amide bonds. The maximum atomic E-state index is 4.65. The maximum Gasteiger partial charge on any atom is 0.228 e. The smallest absolute Gasteiger partial charge is 0.228 e. The van der Waals surface area contributed by atoms with Crippen LogP contribution in [0.25, 0.3) is 5.65 Å². The van der Waals surface area contributed by atoms with Crippen molar-refractivity contribution >= 4 is 23.4 Å². The van der Waals surface area contributed by atoms with Crippen LogP contribution in [0, 0.1) is 6.92 Å². The number of aromatic nitrogens is 4. The molecule has 3 rings (SSSR count). The molecule has 0 aliphatic heterocycles. The molecule has 5 nitrogen and oxygen atoms in total. The minimum Gasteiger partial charge on any atom is -0.350 e. The number of nitrogens with one attached hydrogen (secondary N) is 1. The van der Waals surface area contributed by atoms with Crippen LogP contribution in [0.15, 0.2) is 29.6 Å². The summed E-state index contributed by atoms with van der Waals surface area (Å²) in [6.07, 6.45) is 4.91. The van der Waals surface area contributed by atoms with E-state index in [2.05, 4.69) is 66.3 Å². The predicted molar refractivity (Wildman–Crippen MR) is 105 cm³/mol. The number of nitrogens with zero attached hydrogens (tertiary/aromatic N) is 4. The predicted octanol–water partition coefficient (Wildman–Crippen LogP) is 4.45. The molecule has 3 aromatic rings. The van der Waals surface area contributed by atoms with Crippen molar-refractivity contribution in [2.24, 2.45) is 0 Å². The molecule has 0 fully saturated rings. The lowest BCUT2D eigenvalue weighted by molar-refractivity contribution is 0.822. The fourth-order valence-corrected chi connectivity index (χ4v) is 3.28. The second-order valence-electron chi connectivity index (χ2n) is 6.50. The summed E-state index contributed by atoms with van der Waals surface area (Å²) in [5.41, 5.74) is 5.96. The monoisotopic (exact) mass is 355 g/mol. The Bertz CT molecular complexity index is 885. The molecule has 0 unspecified atom stereocenters. The molecule has 132 valence electrons. The minimum atomic E-state index is 0.374. The summed E-state index contributed by atoms with van der Waals surface area (Å²) in [5.74, 6) is 1.11. The van der Waals surface area contributed by atoms with Gasteiger partial charge < -0.3 is 5.32 Å². The van der Waals surface area contributed by atoms with Gasteiger partial charge in [0.2, 0.25) is 5.95 Å². The molecular formula is C19H25N5S. The van der Waals surface area contributed by atoms with Crippen molar-refractivity contribution in [2.45, 2.75) is 51.7 Å². The molecule has 25 heavy (non-hydrogen) atoms. The van der Waals surface area contributed by atoms with Crippen LogP contribution < -0.4 is 5.32 Å². The van der Waals surface area contributed by atoms with Gasteiger partial charge in [0, 0.05) is 12.1 Å². The molecule has 0 bridgehead atoms. The van der Waals surface area contributed by atoms with Gasteiger partial charge in [-0.2, -0.15) is 14.6 Å². The second kappa shape index (κ2) is 7.44. The summed E-state index contributed by atoms with van der Waals surface area (Å²) in [7, 11) is 0. The third-order valence-corrected chi connectivity index (χ3v) is 4.91. The molecule has 2 heterocycles. The lowest BCUT2D eigenvalue weighted by Crippen LogP contribution is -2.11. The number of thioether (sulfide) groups is 1. The van der Waals surface area contributed by atoms with E-state index in [1.807, 2.05) is 17.0 Å². The SMILES string of the molecule is CCc1ccc(C)cc1CNc1nc(SC)nc2c(C(C)C)cnn12. The number of hydrogen-bond acceptors (Lipinski definition) is 5. The Hall–Kier alpha value is -2.08. The molecule has 0 saturated carbocycles. The van der Waals surface area contributed by atoms with Gasteiger partial charge in [-0.3, -0.25) is 0 Å². The maximum absolute atomic E-state index is 4.65. The van der Waals surface area contributed by atoms with Gasteiger partial charge in [0.25, 0.3) is 0 Å². The third kappa shape index (κ3) is 3.63. The van der Waals surface area contributed by atoms with E-state index in [0.717, 1.165) is 35.3 Å². The normalized spacial score (nSPS) is 11.4. The summed E-state index contributed by atoms with van der Waals surface area (Å²) < 4.78 is 1.82. The van der Waals surface area contributed by atoms with Gasteiger partial charge >= 0.3 is 0 Å². The van der Waals surface area contributed by atoms with E-state index in [1.54, 1.807) is 11.8 Å². The number of aryl methyl sites for hydroxylation is 2. The Balaban J connectivity index is 1.97. The Morgan fingerprint density at radius 1 is 1.20 bits per heavy atom. The highest BCUT2D eigenvalue weighted by atomic mass is 32.2. The molecule has 0 aliphatic carbocycles. The zero-order chi connectivity index (χ0) is 18.0. The third-order valence-electron chi connectivity index (χ3n) is 4.36.